The first-order valence-electron chi connectivity index (χ1n) is 13.1. The van der Waals surface area contributed by atoms with Crippen molar-refractivity contribution >= 4 is 34.5 Å². The minimum atomic E-state index is -3.25. The number of alkyl halides is 2. The lowest BCUT2D eigenvalue weighted by Crippen LogP contribution is -2.39. The molecule has 1 aromatic carbocycles. The summed E-state index contributed by atoms with van der Waals surface area (Å²) < 4.78 is 35.3. The summed E-state index contributed by atoms with van der Waals surface area (Å²) in [6.07, 6.45) is 1.82. The normalized spacial score (nSPS) is 15.3. The molecule has 0 radical (unpaired) electrons. The molecular weight excluding hydrogens is 534 g/mol. The van der Waals surface area contributed by atoms with Gasteiger partial charge in [-0.15, -0.1) is 5.10 Å². The van der Waals surface area contributed by atoms with E-state index in [-0.39, 0.29) is 30.2 Å². The van der Waals surface area contributed by atoms with Crippen LogP contribution in [0.15, 0.2) is 48.7 Å². The second-order valence-electron chi connectivity index (χ2n) is 10.1. The zero-order valence-corrected chi connectivity index (χ0v) is 23.1. The largest absolute Gasteiger partial charge is 0.445 e. The molecular formula is C28H30F2N8O3. The number of hydrogen-bond acceptors (Lipinski definition) is 8. The fourth-order valence-corrected chi connectivity index (χ4v) is 4.73. The van der Waals surface area contributed by atoms with Crippen molar-refractivity contribution in [3.63, 3.8) is 0 Å². The predicted molar refractivity (Wildman–Crippen MR) is 148 cm³/mol. The number of aryl methyl sites for hydroxylation is 1. The maximum absolute atomic E-state index is 14.2. The number of ether oxygens (including phenoxy) is 1. The van der Waals surface area contributed by atoms with Gasteiger partial charge in [-0.05, 0) is 18.9 Å². The SMILES string of the molecule is CC(=O)Nc1cc2c(cn1)c(N1CCC(N(C)C(=O)OCc3ccccc3)C1)nn2-c1cc(C)nc(C(C)(F)F)n1. The van der Waals surface area contributed by atoms with Crippen LogP contribution in [0.3, 0.4) is 0 Å². The second kappa shape index (κ2) is 11.1. The van der Waals surface area contributed by atoms with Crippen LogP contribution >= 0.6 is 0 Å². The van der Waals surface area contributed by atoms with Crippen LogP contribution in [0.4, 0.5) is 25.2 Å². The minimum Gasteiger partial charge on any atom is -0.445 e. The summed E-state index contributed by atoms with van der Waals surface area (Å²) in [4.78, 5) is 40.4. The third-order valence-electron chi connectivity index (χ3n) is 6.80. The summed E-state index contributed by atoms with van der Waals surface area (Å²) in [6.45, 7) is 4.94. The van der Waals surface area contributed by atoms with Crippen LogP contribution in [-0.2, 0) is 22.1 Å². The van der Waals surface area contributed by atoms with E-state index in [4.69, 9.17) is 9.84 Å². The number of carbonyl (C=O) groups excluding carboxylic acids is 2. The average Bonchev–Trinajstić information content (AvgIpc) is 3.56. The molecule has 1 saturated heterocycles. The fraction of sp³-hybridized carbons (Fsp3) is 0.357. The lowest BCUT2D eigenvalue weighted by Gasteiger charge is -2.24. The summed E-state index contributed by atoms with van der Waals surface area (Å²) in [6, 6.07) is 12.5. The molecule has 0 saturated carbocycles. The summed E-state index contributed by atoms with van der Waals surface area (Å²) in [5.74, 6) is -3.19. The number of amides is 2. The van der Waals surface area contributed by atoms with E-state index >= 15 is 0 Å². The van der Waals surface area contributed by atoms with Crippen LogP contribution in [0.25, 0.3) is 16.7 Å². The smallest absolute Gasteiger partial charge is 0.410 e. The van der Waals surface area contributed by atoms with Gasteiger partial charge in [0.1, 0.15) is 12.4 Å². The number of anilines is 2. The standard InChI is InChI=1S/C28H30F2N8O3/c1-17-12-24(34-26(32-17)28(3,29)30)38-22-13-23(33-18(2)39)31-14-21(22)25(35-38)37-11-10-20(15-37)36(4)27(40)41-16-19-8-6-5-7-9-19/h5-9,12-14,20H,10-11,15-16H2,1-4H3,(H,31,33,39). The first-order chi connectivity index (χ1) is 19.5. The van der Waals surface area contributed by atoms with Gasteiger partial charge in [0.25, 0.3) is 0 Å². The Bertz CT molecular complexity index is 1590. The van der Waals surface area contributed by atoms with E-state index in [1.807, 2.05) is 35.2 Å². The fourth-order valence-electron chi connectivity index (χ4n) is 4.73. The van der Waals surface area contributed by atoms with Crippen molar-refractivity contribution in [3.05, 3.63) is 65.7 Å². The van der Waals surface area contributed by atoms with Gasteiger partial charge >= 0.3 is 12.0 Å². The molecule has 1 fully saturated rings. The summed E-state index contributed by atoms with van der Waals surface area (Å²) in [7, 11) is 1.70. The second-order valence-corrected chi connectivity index (χ2v) is 10.1. The number of nitrogens with zero attached hydrogens (tertiary/aromatic N) is 7. The zero-order valence-electron chi connectivity index (χ0n) is 23.1. The van der Waals surface area contributed by atoms with E-state index in [0.717, 1.165) is 12.5 Å². The van der Waals surface area contributed by atoms with Crippen LogP contribution in [0.2, 0.25) is 0 Å². The Balaban J connectivity index is 1.44. The number of nitrogens with one attached hydrogen (secondary N) is 1. The monoisotopic (exact) mass is 564 g/mol. The maximum atomic E-state index is 14.2. The molecule has 0 bridgehead atoms. The van der Waals surface area contributed by atoms with E-state index in [0.29, 0.717) is 41.9 Å². The number of likely N-dealkylation sites (N-methyl/N-ethyl adjacent to an activating group) is 1. The van der Waals surface area contributed by atoms with Crippen molar-refractivity contribution in [2.75, 3.05) is 30.4 Å². The Hall–Kier alpha value is -4.68. The number of pyridine rings is 1. The topological polar surface area (TPSA) is 118 Å². The number of rotatable bonds is 7. The van der Waals surface area contributed by atoms with Crippen molar-refractivity contribution < 1.29 is 23.1 Å². The van der Waals surface area contributed by atoms with Gasteiger partial charge in [-0.1, -0.05) is 30.3 Å². The molecule has 41 heavy (non-hydrogen) atoms. The number of halogens is 2. The predicted octanol–water partition coefficient (Wildman–Crippen LogP) is 4.44. The van der Waals surface area contributed by atoms with Gasteiger partial charge in [0, 0.05) is 58.0 Å². The van der Waals surface area contributed by atoms with Crippen LogP contribution in [0.5, 0.6) is 0 Å². The molecule has 5 rings (SSSR count). The number of benzene rings is 1. The van der Waals surface area contributed by atoms with Crippen LogP contribution < -0.4 is 10.2 Å². The zero-order chi connectivity index (χ0) is 29.3. The Morgan fingerprint density at radius 3 is 2.66 bits per heavy atom. The quantitative estimate of drug-likeness (QED) is 0.350. The van der Waals surface area contributed by atoms with Gasteiger partial charge in [-0.2, -0.15) is 8.78 Å². The molecule has 0 spiro atoms. The molecule has 214 valence electrons. The average molecular weight is 565 g/mol. The first-order valence-corrected chi connectivity index (χ1v) is 13.1. The molecule has 4 heterocycles. The van der Waals surface area contributed by atoms with Crippen LogP contribution in [0.1, 0.15) is 37.4 Å². The van der Waals surface area contributed by atoms with Gasteiger partial charge < -0.3 is 19.9 Å². The van der Waals surface area contributed by atoms with E-state index in [9.17, 15) is 18.4 Å². The number of aromatic nitrogens is 5. The third-order valence-corrected chi connectivity index (χ3v) is 6.80. The van der Waals surface area contributed by atoms with Crippen molar-refractivity contribution in [1.29, 1.82) is 0 Å². The van der Waals surface area contributed by atoms with Crippen LogP contribution in [-0.4, -0.2) is 67.8 Å². The molecule has 4 aromatic rings. The Kier molecular flexibility index (Phi) is 7.52. The maximum Gasteiger partial charge on any atom is 0.410 e. The molecule has 1 unspecified atom stereocenters. The number of hydrogen-bond donors (Lipinski definition) is 1. The highest BCUT2D eigenvalue weighted by Gasteiger charge is 2.33. The minimum absolute atomic E-state index is 0.142. The summed E-state index contributed by atoms with van der Waals surface area (Å²) >= 11 is 0. The van der Waals surface area contributed by atoms with E-state index in [2.05, 4.69) is 20.3 Å². The molecule has 1 aliphatic heterocycles. The van der Waals surface area contributed by atoms with Crippen molar-refractivity contribution in [2.24, 2.45) is 0 Å². The number of fused-ring (bicyclic) bond motifs is 1. The van der Waals surface area contributed by atoms with E-state index in [1.54, 1.807) is 37.2 Å². The number of carbonyl (C=O) groups is 2. The first kappa shape index (κ1) is 27.9. The molecule has 3 aromatic heterocycles. The molecule has 1 N–H and O–H groups in total. The molecule has 0 aliphatic carbocycles. The lowest BCUT2D eigenvalue weighted by atomic mass is 10.2. The van der Waals surface area contributed by atoms with Gasteiger partial charge in [0.15, 0.2) is 11.6 Å². The Morgan fingerprint density at radius 1 is 1.20 bits per heavy atom. The summed E-state index contributed by atoms with van der Waals surface area (Å²) in [5, 5.41) is 8.04. The molecule has 13 heteroatoms. The molecule has 1 atom stereocenters. The van der Waals surface area contributed by atoms with Gasteiger partial charge in [0.2, 0.25) is 11.7 Å². The molecule has 1 aliphatic rings. The summed E-state index contributed by atoms with van der Waals surface area (Å²) in [5.41, 5.74) is 1.76. The van der Waals surface area contributed by atoms with Gasteiger partial charge in [-0.25, -0.2) is 24.4 Å². The van der Waals surface area contributed by atoms with Crippen molar-refractivity contribution in [3.8, 4) is 5.82 Å². The van der Waals surface area contributed by atoms with Crippen molar-refractivity contribution in [2.45, 2.75) is 45.8 Å². The van der Waals surface area contributed by atoms with Gasteiger partial charge in [-0.3, -0.25) is 4.79 Å². The highest BCUT2D eigenvalue weighted by molar-refractivity contribution is 5.95. The molecule has 2 amide bonds. The highest BCUT2D eigenvalue weighted by atomic mass is 19.3. The van der Waals surface area contributed by atoms with E-state index < -0.39 is 17.8 Å². The van der Waals surface area contributed by atoms with Gasteiger partial charge in [0.05, 0.1) is 16.9 Å². The third kappa shape index (κ3) is 6.08. The Labute approximate surface area is 235 Å². The Morgan fingerprint density at radius 2 is 1.95 bits per heavy atom. The lowest BCUT2D eigenvalue weighted by molar-refractivity contribution is -0.114. The van der Waals surface area contributed by atoms with E-state index in [1.165, 1.54) is 11.6 Å². The highest BCUT2D eigenvalue weighted by Crippen LogP contribution is 2.33. The van der Waals surface area contributed by atoms with Crippen LogP contribution in [0, 0.1) is 6.92 Å². The molecule has 11 nitrogen and oxygen atoms in total. The van der Waals surface area contributed by atoms with Crippen molar-refractivity contribution in [1.82, 2.24) is 29.6 Å².